The summed E-state index contributed by atoms with van der Waals surface area (Å²) >= 11 is 12.7. The molecule has 1 N–H and O–H groups in total. The highest BCUT2D eigenvalue weighted by Gasteiger charge is 2.12. The van der Waals surface area contributed by atoms with Crippen molar-refractivity contribution in [2.75, 3.05) is 13.7 Å². The topological polar surface area (TPSA) is 69.2 Å². The van der Waals surface area contributed by atoms with Crippen LogP contribution in [0.15, 0.2) is 65.8 Å². The Morgan fingerprint density at radius 3 is 2.39 bits per heavy atom. The number of benzene rings is 3. The second-order valence-corrected chi connectivity index (χ2v) is 7.82. The van der Waals surface area contributed by atoms with Crippen molar-refractivity contribution in [2.45, 2.75) is 20.0 Å². The van der Waals surface area contributed by atoms with E-state index in [4.69, 9.17) is 37.4 Å². The van der Waals surface area contributed by atoms with Crippen LogP contribution in [-0.4, -0.2) is 25.8 Å². The molecule has 0 atom stereocenters. The summed E-state index contributed by atoms with van der Waals surface area (Å²) < 4.78 is 16.7. The van der Waals surface area contributed by atoms with Crippen LogP contribution in [0.2, 0.25) is 10.0 Å². The van der Waals surface area contributed by atoms with Crippen LogP contribution < -0.4 is 19.6 Å². The highest BCUT2D eigenvalue weighted by Crippen LogP contribution is 2.34. The van der Waals surface area contributed by atoms with Gasteiger partial charge in [-0.25, -0.2) is 5.43 Å². The highest BCUT2D eigenvalue weighted by molar-refractivity contribution is 6.37. The second kappa shape index (κ2) is 12.1. The van der Waals surface area contributed by atoms with E-state index in [1.807, 2.05) is 37.3 Å². The van der Waals surface area contributed by atoms with Crippen LogP contribution in [0.3, 0.4) is 0 Å². The summed E-state index contributed by atoms with van der Waals surface area (Å²) in [7, 11) is 1.52. The number of amides is 1. The Balaban J connectivity index is 1.63. The Labute approximate surface area is 203 Å². The van der Waals surface area contributed by atoms with E-state index in [0.29, 0.717) is 51.6 Å². The summed E-state index contributed by atoms with van der Waals surface area (Å²) in [5.74, 6) is 1.05. The first-order chi connectivity index (χ1) is 16.0. The van der Waals surface area contributed by atoms with E-state index in [9.17, 15) is 4.79 Å². The molecule has 0 aliphatic carbocycles. The average molecular weight is 487 g/mol. The minimum atomic E-state index is -0.397. The Hall–Kier alpha value is -3.22. The van der Waals surface area contributed by atoms with Gasteiger partial charge in [-0.1, -0.05) is 60.5 Å². The van der Waals surface area contributed by atoms with Crippen molar-refractivity contribution >= 4 is 35.3 Å². The average Bonchev–Trinajstić information content (AvgIpc) is 2.82. The van der Waals surface area contributed by atoms with E-state index < -0.39 is 5.91 Å². The molecule has 0 aliphatic rings. The van der Waals surface area contributed by atoms with E-state index in [-0.39, 0.29) is 0 Å². The molecule has 0 bridgehead atoms. The molecule has 0 radical (unpaired) electrons. The zero-order chi connectivity index (χ0) is 23.6. The predicted octanol–water partition coefficient (Wildman–Crippen LogP) is 6.13. The molecular formula is C25H24Cl2N2O4. The maximum atomic E-state index is 12.4. The van der Waals surface area contributed by atoms with E-state index in [0.717, 1.165) is 12.0 Å². The summed E-state index contributed by atoms with van der Waals surface area (Å²) in [6, 6.07) is 18.0. The molecule has 0 fully saturated rings. The highest BCUT2D eigenvalue weighted by atomic mass is 35.5. The number of rotatable bonds is 10. The van der Waals surface area contributed by atoms with Gasteiger partial charge >= 0.3 is 0 Å². The minimum Gasteiger partial charge on any atom is -0.493 e. The van der Waals surface area contributed by atoms with Crippen molar-refractivity contribution in [1.82, 2.24) is 5.43 Å². The molecule has 172 valence electrons. The molecule has 33 heavy (non-hydrogen) atoms. The lowest BCUT2D eigenvalue weighted by Crippen LogP contribution is -2.17. The van der Waals surface area contributed by atoms with Gasteiger partial charge in [0.15, 0.2) is 17.2 Å². The normalized spacial score (nSPS) is 10.8. The zero-order valence-electron chi connectivity index (χ0n) is 18.3. The second-order valence-electron chi connectivity index (χ2n) is 7.00. The van der Waals surface area contributed by atoms with E-state index in [1.54, 1.807) is 30.3 Å². The van der Waals surface area contributed by atoms with Crippen molar-refractivity contribution in [1.29, 1.82) is 0 Å². The number of nitrogens with one attached hydrogen (secondary N) is 1. The molecule has 3 aromatic carbocycles. The molecule has 0 aromatic heterocycles. The fourth-order valence-corrected chi connectivity index (χ4v) is 3.50. The fraction of sp³-hybridized carbons (Fsp3) is 0.200. The van der Waals surface area contributed by atoms with Crippen LogP contribution >= 0.6 is 23.2 Å². The van der Waals surface area contributed by atoms with Crippen molar-refractivity contribution in [3.05, 3.63) is 87.4 Å². The number of nitrogens with zero attached hydrogens (tertiary/aromatic N) is 1. The molecule has 0 spiro atoms. The first-order valence-electron chi connectivity index (χ1n) is 10.3. The third-order valence-electron chi connectivity index (χ3n) is 4.51. The molecule has 3 aromatic rings. The zero-order valence-corrected chi connectivity index (χ0v) is 19.8. The number of carbonyl (C=O) groups is 1. The summed E-state index contributed by atoms with van der Waals surface area (Å²) in [6.07, 6.45) is 2.32. The maximum absolute atomic E-state index is 12.4. The Morgan fingerprint density at radius 2 is 1.73 bits per heavy atom. The van der Waals surface area contributed by atoms with Gasteiger partial charge in [0, 0.05) is 5.56 Å². The van der Waals surface area contributed by atoms with Crippen molar-refractivity contribution < 1.29 is 19.0 Å². The molecule has 6 nitrogen and oxygen atoms in total. The van der Waals surface area contributed by atoms with Gasteiger partial charge in [0.05, 0.1) is 30.0 Å². The third-order valence-corrected chi connectivity index (χ3v) is 5.08. The summed E-state index contributed by atoms with van der Waals surface area (Å²) in [6.45, 7) is 2.92. The molecule has 0 saturated carbocycles. The summed E-state index contributed by atoms with van der Waals surface area (Å²) in [4.78, 5) is 12.4. The Kier molecular flexibility index (Phi) is 8.98. The van der Waals surface area contributed by atoms with Gasteiger partial charge in [-0.3, -0.25) is 4.79 Å². The van der Waals surface area contributed by atoms with Gasteiger partial charge in [-0.15, -0.1) is 0 Å². The van der Waals surface area contributed by atoms with Crippen LogP contribution in [-0.2, 0) is 6.61 Å². The van der Waals surface area contributed by atoms with Crippen LogP contribution in [0.5, 0.6) is 17.2 Å². The lowest BCUT2D eigenvalue weighted by Gasteiger charge is -2.11. The van der Waals surface area contributed by atoms with Crippen molar-refractivity contribution in [2.24, 2.45) is 5.10 Å². The third kappa shape index (κ3) is 6.88. The number of hydrazone groups is 1. The monoisotopic (exact) mass is 486 g/mol. The first-order valence-corrected chi connectivity index (χ1v) is 11.1. The van der Waals surface area contributed by atoms with Crippen LogP contribution in [0.1, 0.15) is 34.8 Å². The molecule has 0 unspecified atom stereocenters. The predicted molar refractivity (Wildman–Crippen MR) is 131 cm³/mol. The molecule has 0 aliphatic heterocycles. The number of hydrogen-bond donors (Lipinski definition) is 1. The molecule has 0 heterocycles. The van der Waals surface area contributed by atoms with Gasteiger partial charge in [-0.2, -0.15) is 5.10 Å². The SMILES string of the molecule is CCCOc1ccc(C(=O)N/N=C/c2cc(Cl)c(OCc3ccccc3)c(Cl)c2)cc1OC. The van der Waals surface area contributed by atoms with Gasteiger partial charge in [0.2, 0.25) is 0 Å². The fourth-order valence-electron chi connectivity index (χ4n) is 2.89. The largest absolute Gasteiger partial charge is 0.493 e. The van der Waals surface area contributed by atoms with E-state index >= 15 is 0 Å². The van der Waals surface area contributed by atoms with Gasteiger partial charge in [-0.05, 0) is 47.9 Å². The first kappa shape index (κ1) is 24.4. The molecular weight excluding hydrogens is 463 g/mol. The van der Waals surface area contributed by atoms with E-state index in [1.165, 1.54) is 13.3 Å². The number of methoxy groups -OCH3 is 1. The van der Waals surface area contributed by atoms with Crippen LogP contribution in [0.4, 0.5) is 0 Å². The lowest BCUT2D eigenvalue weighted by atomic mass is 10.2. The van der Waals surface area contributed by atoms with E-state index in [2.05, 4.69) is 10.5 Å². The maximum Gasteiger partial charge on any atom is 0.271 e. The molecule has 1 amide bonds. The van der Waals surface area contributed by atoms with Crippen molar-refractivity contribution in [3.63, 3.8) is 0 Å². The van der Waals surface area contributed by atoms with Gasteiger partial charge < -0.3 is 14.2 Å². The van der Waals surface area contributed by atoms with Crippen LogP contribution in [0, 0.1) is 0 Å². The Bertz CT molecular complexity index is 1100. The van der Waals surface area contributed by atoms with Crippen LogP contribution in [0.25, 0.3) is 0 Å². The van der Waals surface area contributed by atoms with Crippen molar-refractivity contribution in [3.8, 4) is 17.2 Å². The summed E-state index contributed by atoms with van der Waals surface area (Å²) in [5.41, 5.74) is 4.47. The minimum absolute atomic E-state index is 0.343. The number of halogens is 2. The standard InChI is InChI=1S/C25H24Cl2N2O4/c1-3-11-32-22-10-9-19(14-23(22)31-2)25(30)29-28-15-18-12-20(26)24(21(27)13-18)33-16-17-7-5-4-6-8-17/h4-10,12-15H,3,11,16H2,1-2H3,(H,29,30)/b28-15+. The number of carbonyl (C=O) groups excluding carboxylic acids is 1. The molecule has 8 heteroatoms. The van der Waals surface area contributed by atoms with Gasteiger partial charge in [0.25, 0.3) is 5.91 Å². The molecule has 0 saturated heterocycles. The molecule has 3 rings (SSSR count). The quantitative estimate of drug-likeness (QED) is 0.276. The lowest BCUT2D eigenvalue weighted by molar-refractivity contribution is 0.0954. The summed E-state index contributed by atoms with van der Waals surface area (Å²) in [5, 5.41) is 4.69. The Morgan fingerprint density at radius 1 is 1.00 bits per heavy atom. The number of hydrogen-bond acceptors (Lipinski definition) is 5. The smallest absolute Gasteiger partial charge is 0.271 e. The van der Waals surface area contributed by atoms with Gasteiger partial charge in [0.1, 0.15) is 6.61 Å². The number of ether oxygens (including phenoxy) is 3.